The number of carbonyl (C=O) groups excluding carboxylic acids is 1. The lowest BCUT2D eigenvalue weighted by atomic mass is 9.81. The van der Waals surface area contributed by atoms with Crippen LogP contribution in [0.3, 0.4) is 0 Å². The summed E-state index contributed by atoms with van der Waals surface area (Å²) in [4.78, 5) is 11.7. The molecule has 3 N–H and O–H groups in total. The molecule has 0 aliphatic heterocycles. The third-order valence-corrected chi connectivity index (χ3v) is 3.53. The van der Waals surface area contributed by atoms with Crippen molar-refractivity contribution >= 4 is 21.9 Å². The molecule has 0 aliphatic carbocycles. The quantitative estimate of drug-likeness (QED) is 0.841. The molecule has 0 saturated heterocycles. The van der Waals surface area contributed by atoms with Crippen LogP contribution in [0, 0.1) is 5.41 Å². The minimum Gasteiger partial charge on any atom is -0.508 e. The van der Waals surface area contributed by atoms with Gasteiger partial charge in [0.2, 0.25) is 0 Å². The molecule has 0 aliphatic rings. The third kappa shape index (κ3) is 2.79. The first-order chi connectivity index (χ1) is 7.80. The minimum absolute atomic E-state index is 0.110. The van der Waals surface area contributed by atoms with Crippen LogP contribution in [0.1, 0.15) is 25.5 Å². The number of phenolic OH excluding ortho intramolecular Hbond substituents is 1. The van der Waals surface area contributed by atoms with E-state index >= 15 is 0 Å². The highest BCUT2D eigenvalue weighted by Crippen LogP contribution is 2.37. The summed E-state index contributed by atoms with van der Waals surface area (Å²) in [6, 6.07) is 4.21. The van der Waals surface area contributed by atoms with Crippen molar-refractivity contribution in [2.24, 2.45) is 11.1 Å². The van der Waals surface area contributed by atoms with Crippen molar-refractivity contribution in [3.05, 3.63) is 28.2 Å². The fraction of sp³-hybridized carbons (Fsp3) is 0.417. The van der Waals surface area contributed by atoms with Gasteiger partial charge in [-0.2, -0.15) is 0 Å². The SMILES string of the molecule is COC(=O)C(C)(C)[C@H](N)c1cc(O)ccc1Br. The van der Waals surface area contributed by atoms with Crippen LogP contribution >= 0.6 is 15.9 Å². The van der Waals surface area contributed by atoms with Crippen molar-refractivity contribution < 1.29 is 14.6 Å². The standard InChI is InChI=1S/C12H16BrNO3/c1-12(2,11(16)17-3)10(14)8-6-7(15)4-5-9(8)13/h4-6,10,15H,14H2,1-3H3/t10-/m1/s1. The highest BCUT2D eigenvalue weighted by molar-refractivity contribution is 9.10. The number of methoxy groups -OCH3 is 1. The molecule has 0 aromatic heterocycles. The Hall–Kier alpha value is -1.07. The number of hydrogen-bond acceptors (Lipinski definition) is 4. The van der Waals surface area contributed by atoms with Crippen LogP contribution in [0.25, 0.3) is 0 Å². The van der Waals surface area contributed by atoms with Crippen molar-refractivity contribution in [2.75, 3.05) is 7.11 Å². The molecule has 0 radical (unpaired) electrons. The zero-order chi connectivity index (χ0) is 13.2. The number of esters is 1. The van der Waals surface area contributed by atoms with Crippen LogP contribution in [0.5, 0.6) is 5.75 Å². The average Bonchev–Trinajstić information content (AvgIpc) is 2.30. The first-order valence-electron chi connectivity index (χ1n) is 5.13. The number of benzene rings is 1. The third-order valence-electron chi connectivity index (χ3n) is 2.80. The number of nitrogens with two attached hydrogens (primary N) is 1. The summed E-state index contributed by atoms with van der Waals surface area (Å²) in [7, 11) is 1.33. The molecule has 1 aromatic carbocycles. The Kier molecular flexibility index (Phi) is 4.16. The second-order valence-corrected chi connectivity index (χ2v) is 5.25. The van der Waals surface area contributed by atoms with E-state index in [4.69, 9.17) is 10.5 Å². The highest BCUT2D eigenvalue weighted by atomic mass is 79.9. The van der Waals surface area contributed by atoms with E-state index in [0.29, 0.717) is 5.56 Å². The Labute approximate surface area is 109 Å². The van der Waals surface area contributed by atoms with Gasteiger partial charge in [0.15, 0.2) is 0 Å². The predicted octanol–water partition coefficient (Wildman–Crippen LogP) is 2.35. The minimum atomic E-state index is -0.870. The molecule has 1 atom stereocenters. The van der Waals surface area contributed by atoms with Crippen molar-refractivity contribution in [2.45, 2.75) is 19.9 Å². The maximum absolute atomic E-state index is 11.7. The van der Waals surface area contributed by atoms with Gasteiger partial charge in [-0.3, -0.25) is 4.79 Å². The second kappa shape index (κ2) is 5.06. The van der Waals surface area contributed by atoms with E-state index in [1.54, 1.807) is 32.0 Å². The molecule has 5 heteroatoms. The van der Waals surface area contributed by atoms with Crippen LogP contribution in [-0.4, -0.2) is 18.2 Å². The molecule has 1 rings (SSSR count). The number of hydrogen-bond donors (Lipinski definition) is 2. The number of carbonyl (C=O) groups is 1. The van der Waals surface area contributed by atoms with Gasteiger partial charge in [0.05, 0.1) is 12.5 Å². The van der Waals surface area contributed by atoms with Crippen LogP contribution in [0.15, 0.2) is 22.7 Å². The molecule has 0 fully saturated rings. The lowest BCUT2D eigenvalue weighted by Gasteiger charge is -2.29. The molecule has 0 heterocycles. The first kappa shape index (κ1) is 14.0. The molecule has 4 nitrogen and oxygen atoms in total. The molecule has 0 bridgehead atoms. The summed E-state index contributed by atoms with van der Waals surface area (Å²) >= 11 is 3.35. The average molecular weight is 302 g/mol. The summed E-state index contributed by atoms with van der Waals surface area (Å²) < 4.78 is 5.48. The second-order valence-electron chi connectivity index (χ2n) is 4.40. The van der Waals surface area contributed by atoms with Gasteiger partial charge in [-0.05, 0) is 37.6 Å². The molecule has 17 heavy (non-hydrogen) atoms. The van der Waals surface area contributed by atoms with Crippen molar-refractivity contribution in [1.29, 1.82) is 0 Å². The molecular weight excluding hydrogens is 286 g/mol. The largest absolute Gasteiger partial charge is 0.508 e. The Bertz CT molecular complexity index is 432. The van der Waals surface area contributed by atoms with E-state index in [9.17, 15) is 9.90 Å². The lowest BCUT2D eigenvalue weighted by Crippen LogP contribution is -2.37. The Morgan fingerprint density at radius 1 is 1.53 bits per heavy atom. The zero-order valence-electron chi connectivity index (χ0n) is 10.0. The van der Waals surface area contributed by atoms with Crippen LogP contribution in [0.4, 0.5) is 0 Å². The molecular formula is C12H16BrNO3. The van der Waals surface area contributed by atoms with Crippen LogP contribution < -0.4 is 5.73 Å². The Balaban J connectivity index is 3.15. The number of halogens is 1. The van der Waals surface area contributed by atoms with Gasteiger partial charge in [0.25, 0.3) is 0 Å². The van der Waals surface area contributed by atoms with Crippen molar-refractivity contribution in [3.8, 4) is 5.75 Å². The van der Waals surface area contributed by atoms with E-state index in [-0.39, 0.29) is 11.7 Å². The monoisotopic (exact) mass is 301 g/mol. The Morgan fingerprint density at radius 3 is 2.65 bits per heavy atom. The zero-order valence-corrected chi connectivity index (χ0v) is 11.6. The van der Waals surface area contributed by atoms with E-state index in [1.807, 2.05) is 0 Å². The molecule has 94 valence electrons. The van der Waals surface area contributed by atoms with Gasteiger partial charge in [-0.25, -0.2) is 0 Å². The Morgan fingerprint density at radius 2 is 2.12 bits per heavy atom. The molecule has 0 saturated carbocycles. The van der Waals surface area contributed by atoms with Gasteiger partial charge >= 0.3 is 5.97 Å². The maximum Gasteiger partial charge on any atom is 0.313 e. The van der Waals surface area contributed by atoms with E-state index in [0.717, 1.165) is 4.47 Å². The topological polar surface area (TPSA) is 72.5 Å². The number of ether oxygens (including phenoxy) is 1. The highest BCUT2D eigenvalue weighted by Gasteiger charge is 2.37. The van der Waals surface area contributed by atoms with Crippen molar-refractivity contribution in [1.82, 2.24) is 0 Å². The number of aromatic hydroxyl groups is 1. The summed E-state index contributed by atoms with van der Waals surface area (Å²) in [5.41, 5.74) is 5.87. The van der Waals surface area contributed by atoms with E-state index in [1.165, 1.54) is 7.11 Å². The maximum atomic E-state index is 11.7. The fourth-order valence-electron chi connectivity index (χ4n) is 1.55. The van der Waals surface area contributed by atoms with E-state index in [2.05, 4.69) is 15.9 Å². The molecule has 0 spiro atoms. The summed E-state index contributed by atoms with van der Waals surface area (Å²) in [6.45, 7) is 3.42. The fourth-order valence-corrected chi connectivity index (χ4v) is 2.04. The smallest absolute Gasteiger partial charge is 0.313 e. The van der Waals surface area contributed by atoms with Crippen molar-refractivity contribution in [3.63, 3.8) is 0 Å². The van der Waals surface area contributed by atoms with Gasteiger partial charge < -0.3 is 15.6 Å². The number of rotatable bonds is 3. The molecule has 0 amide bonds. The van der Waals surface area contributed by atoms with Crippen LogP contribution in [0.2, 0.25) is 0 Å². The lowest BCUT2D eigenvalue weighted by molar-refractivity contribution is -0.152. The van der Waals surface area contributed by atoms with Crippen LogP contribution in [-0.2, 0) is 9.53 Å². The summed E-state index contributed by atoms with van der Waals surface area (Å²) in [5, 5.41) is 9.46. The van der Waals surface area contributed by atoms with Gasteiger partial charge in [-0.1, -0.05) is 15.9 Å². The summed E-state index contributed by atoms with van der Waals surface area (Å²) in [6.07, 6.45) is 0. The molecule has 0 unspecified atom stereocenters. The van der Waals surface area contributed by atoms with E-state index < -0.39 is 11.5 Å². The van der Waals surface area contributed by atoms with Gasteiger partial charge in [0, 0.05) is 10.5 Å². The number of phenols is 1. The van der Waals surface area contributed by atoms with Gasteiger partial charge in [-0.15, -0.1) is 0 Å². The summed E-state index contributed by atoms with van der Waals surface area (Å²) in [5.74, 6) is -0.278. The normalized spacial score (nSPS) is 13.2. The van der Waals surface area contributed by atoms with Gasteiger partial charge in [0.1, 0.15) is 5.75 Å². The predicted molar refractivity (Wildman–Crippen MR) is 68.5 cm³/mol. The first-order valence-corrected chi connectivity index (χ1v) is 5.92. The molecule has 1 aromatic rings.